The molecule has 0 aliphatic carbocycles. The van der Waals surface area contributed by atoms with E-state index in [2.05, 4.69) is 26.6 Å². The van der Waals surface area contributed by atoms with Crippen molar-refractivity contribution in [1.29, 1.82) is 0 Å². The summed E-state index contributed by atoms with van der Waals surface area (Å²) in [6, 6.07) is 15.6. The van der Waals surface area contributed by atoms with Crippen LogP contribution in [0.4, 0.5) is 0 Å². The van der Waals surface area contributed by atoms with Crippen LogP contribution >= 0.6 is 23.2 Å². The molecule has 0 radical (unpaired) electrons. The predicted molar refractivity (Wildman–Crippen MR) is 130 cm³/mol. The Morgan fingerprint density at radius 2 is 1.82 bits per heavy atom. The molecule has 0 saturated carbocycles. The van der Waals surface area contributed by atoms with Gasteiger partial charge in [0, 0.05) is 42.5 Å². The SMILES string of the molecule is O=C(OCCN1CCOCC1)c1cc2c3ccccc3n(Cc3ccc(Cl)c(Cl)c3)c2cn1. The highest BCUT2D eigenvalue weighted by molar-refractivity contribution is 6.42. The molecule has 2 aromatic heterocycles. The summed E-state index contributed by atoms with van der Waals surface area (Å²) in [5.74, 6) is -0.411. The summed E-state index contributed by atoms with van der Waals surface area (Å²) in [5, 5.41) is 3.06. The van der Waals surface area contributed by atoms with Crippen molar-refractivity contribution in [2.75, 3.05) is 39.5 Å². The second-order valence-corrected chi connectivity index (χ2v) is 8.84. The van der Waals surface area contributed by atoms with Crippen LogP contribution in [0.25, 0.3) is 21.8 Å². The minimum absolute atomic E-state index is 0.307. The van der Waals surface area contributed by atoms with Gasteiger partial charge in [0.15, 0.2) is 0 Å². The number of pyridine rings is 1. The highest BCUT2D eigenvalue weighted by Crippen LogP contribution is 2.31. The maximum Gasteiger partial charge on any atom is 0.356 e. The van der Waals surface area contributed by atoms with E-state index in [1.807, 2.05) is 30.3 Å². The van der Waals surface area contributed by atoms with Crippen molar-refractivity contribution in [3.63, 3.8) is 0 Å². The number of nitrogens with zero attached hydrogens (tertiary/aromatic N) is 3. The van der Waals surface area contributed by atoms with Gasteiger partial charge in [0.25, 0.3) is 0 Å². The molecule has 0 atom stereocenters. The van der Waals surface area contributed by atoms with Crippen molar-refractivity contribution in [2.24, 2.45) is 0 Å². The number of aromatic nitrogens is 2. The highest BCUT2D eigenvalue weighted by Gasteiger charge is 2.17. The van der Waals surface area contributed by atoms with Gasteiger partial charge in [0.2, 0.25) is 0 Å². The molecule has 170 valence electrons. The Morgan fingerprint density at radius 3 is 2.64 bits per heavy atom. The summed E-state index contributed by atoms with van der Waals surface area (Å²) in [6.45, 7) is 4.79. The van der Waals surface area contributed by atoms with Gasteiger partial charge in [-0.05, 0) is 29.8 Å². The molecular formula is C25H23Cl2N3O3. The van der Waals surface area contributed by atoms with Gasteiger partial charge in [-0.15, -0.1) is 0 Å². The molecule has 0 spiro atoms. The second kappa shape index (κ2) is 9.69. The zero-order chi connectivity index (χ0) is 22.8. The first kappa shape index (κ1) is 22.2. The van der Waals surface area contributed by atoms with E-state index in [9.17, 15) is 4.79 Å². The van der Waals surface area contributed by atoms with Crippen LogP contribution < -0.4 is 0 Å². The van der Waals surface area contributed by atoms with Crippen molar-refractivity contribution in [3.8, 4) is 0 Å². The number of ether oxygens (including phenoxy) is 2. The molecule has 1 aliphatic rings. The number of carbonyl (C=O) groups excluding carboxylic acids is 1. The summed E-state index contributed by atoms with van der Waals surface area (Å²) >= 11 is 12.3. The molecule has 8 heteroatoms. The Bertz CT molecular complexity index is 1320. The van der Waals surface area contributed by atoms with E-state index in [4.69, 9.17) is 32.7 Å². The molecule has 0 bridgehead atoms. The summed E-state index contributed by atoms with van der Waals surface area (Å²) in [4.78, 5) is 19.3. The van der Waals surface area contributed by atoms with Crippen molar-refractivity contribution < 1.29 is 14.3 Å². The number of hydrogen-bond donors (Lipinski definition) is 0. The van der Waals surface area contributed by atoms with Crippen LogP contribution in [-0.2, 0) is 16.0 Å². The number of halogens is 2. The lowest BCUT2D eigenvalue weighted by molar-refractivity contribution is 0.0193. The Hall–Kier alpha value is -2.64. The van der Waals surface area contributed by atoms with Crippen molar-refractivity contribution in [1.82, 2.24) is 14.5 Å². The van der Waals surface area contributed by atoms with Crippen LogP contribution in [0.2, 0.25) is 10.0 Å². The van der Waals surface area contributed by atoms with Crippen LogP contribution in [0.3, 0.4) is 0 Å². The van der Waals surface area contributed by atoms with Gasteiger partial charge in [-0.2, -0.15) is 0 Å². The van der Waals surface area contributed by atoms with Crippen LogP contribution in [-0.4, -0.2) is 59.9 Å². The highest BCUT2D eigenvalue weighted by atomic mass is 35.5. The van der Waals surface area contributed by atoms with Crippen molar-refractivity contribution in [3.05, 3.63) is 76.0 Å². The van der Waals surface area contributed by atoms with E-state index in [1.165, 1.54) is 0 Å². The molecule has 1 saturated heterocycles. The quantitative estimate of drug-likeness (QED) is 0.359. The maximum absolute atomic E-state index is 12.7. The van der Waals surface area contributed by atoms with E-state index >= 15 is 0 Å². The van der Waals surface area contributed by atoms with E-state index in [1.54, 1.807) is 12.3 Å². The molecule has 1 fully saturated rings. The molecule has 2 aromatic carbocycles. The topological polar surface area (TPSA) is 56.6 Å². The predicted octanol–water partition coefficient (Wildman–Crippen LogP) is 5.03. The lowest BCUT2D eigenvalue weighted by Gasteiger charge is -2.26. The van der Waals surface area contributed by atoms with Gasteiger partial charge >= 0.3 is 5.97 Å². The van der Waals surface area contributed by atoms with Gasteiger partial charge in [0.05, 0.1) is 35.0 Å². The van der Waals surface area contributed by atoms with E-state index < -0.39 is 5.97 Å². The summed E-state index contributed by atoms with van der Waals surface area (Å²) in [6.07, 6.45) is 1.74. The Balaban J connectivity index is 1.41. The number of benzene rings is 2. The summed E-state index contributed by atoms with van der Waals surface area (Å²) in [7, 11) is 0. The molecule has 1 aliphatic heterocycles. The maximum atomic E-state index is 12.7. The molecule has 0 amide bonds. The Labute approximate surface area is 201 Å². The molecule has 5 rings (SSSR count). The average molecular weight is 484 g/mol. The zero-order valence-electron chi connectivity index (χ0n) is 18.0. The van der Waals surface area contributed by atoms with Gasteiger partial charge in [0.1, 0.15) is 12.3 Å². The number of fused-ring (bicyclic) bond motifs is 3. The number of carbonyl (C=O) groups is 1. The van der Waals surface area contributed by atoms with Crippen LogP contribution in [0.1, 0.15) is 16.1 Å². The van der Waals surface area contributed by atoms with Gasteiger partial charge in [-0.1, -0.05) is 47.5 Å². The van der Waals surface area contributed by atoms with E-state index in [0.29, 0.717) is 35.4 Å². The smallest absolute Gasteiger partial charge is 0.356 e. The van der Waals surface area contributed by atoms with Gasteiger partial charge in [-0.25, -0.2) is 9.78 Å². The monoisotopic (exact) mass is 483 g/mol. The Kier molecular flexibility index (Phi) is 6.51. The first-order valence-electron chi connectivity index (χ1n) is 10.9. The molecule has 0 unspecified atom stereocenters. The molecular weight excluding hydrogens is 461 g/mol. The normalized spacial score (nSPS) is 14.7. The molecule has 4 aromatic rings. The third-order valence-corrected chi connectivity index (χ3v) is 6.68. The number of esters is 1. The molecule has 3 heterocycles. The zero-order valence-corrected chi connectivity index (χ0v) is 19.5. The first-order chi connectivity index (χ1) is 16.1. The third-order valence-electron chi connectivity index (χ3n) is 5.94. The standard InChI is InChI=1S/C25H23Cl2N3O3/c26-20-6-5-17(13-21(20)27)16-30-23-4-2-1-3-18(23)19-14-22(28-15-24(19)30)25(31)33-12-9-29-7-10-32-11-8-29/h1-6,13-15H,7-12,16H2. The molecule has 6 nitrogen and oxygen atoms in total. The summed E-state index contributed by atoms with van der Waals surface area (Å²) in [5.41, 5.74) is 3.32. The number of hydrogen-bond acceptors (Lipinski definition) is 5. The minimum atomic E-state index is -0.411. The third kappa shape index (κ3) is 4.70. The fourth-order valence-electron chi connectivity index (χ4n) is 4.21. The first-order valence-corrected chi connectivity index (χ1v) is 11.6. The van der Waals surface area contributed by atoms with Crippen LogP contribution in [0.5, 0.6) is 0 Å². The van der Waals surface area contributed by atoms with E-state index in [0.717, 1.165) is 53.7 Å². The lowest BCUT2D eigenvalue weighted by Crippen LogP contribution is -2.38. The molecule has 0 N–H and O–H groups in total. The molecule has 33 heavy (non-hydrogen) atoms. The fourth-order valence-corrected chi connectivity index (χ4v) is 4.53. The van der Waals surface area contributed by atoms with Crippen LogP contribution in [0, 0.1) is 0 Å². The van der Waals surface area contributed by atoms with Gasteiger partial charge < -0.3 is 14.0 Å². The minimum Gasteiger partial charge on any atom is -0.460 e. The number of rotatable bonds is 6. The van der Waals surface area contributed by atoms with Crippen LogP contribution in [0.15, 0.2) is 54.7 Å². The van der Waals surface area contributed by atoms with Crippen molar-refractivity contribution in [2.45, 2.75) is 6.54 Å². The number of morpholine rings is 1. The fraction of sp³-hybridized carbons (Fsp3) is 0.280. The lowest BCUT2D eigenvalue weighted by atomic mass is 10.1. The Morgan fingerprint density at radius 1 is 1.00 bits per heavy atom. The average Bonchev–Trinajstić information content (AvgIpc) is 3.15. The number of para-hydroxylation sites is 1. The largest absolute Gasteiger partial charge is 0.460 e. The summed E-state index contributed by atoms with van der Waals surface area (Å²) < 4.78 is 13.0. The van der Waals surface area contributed by atoms with Gasteiger partial charge in [-0.3, -0.25) is 4.90 Å². The second-order valence-electron chi connectivity index (χ2n) is 8.03. The van der Waals surface area contributed by atoms with Crippen molar-refractivity contribution >= 4 is 51.0 Å². The van der Waals surface area contributed by atoms with E-state index in [-0.39, 0.29) is 0 Å².